The first-order chi connectivity index (χ1) is 7.22. The molecule has 0 spiro atoms. The van der Waals surface area contributed by atoms with E-state index >= 15 is 0 Å². The van der Waals surface area contributed by atoms with Crippen LogP contribution >= 0.6 is 0 Å². The lowest BCUT2D eigenvalue weighted by molar-refractivity contribution is 0.408. The highest BCUT2D eigenvalue weighted by molar-refractivity contribution is 5.63. The average Bonchev–Trinajstić information content (AvgIpc) is 2.69. The average molecular weight is 203 g/mol. The monoisotopic (exact) mass is 203 g/mol. The Labute approximate surface area is 88.7 Å². The topological polar surface area (TPSA) is 35.3 Å². The van der Waals surface area contributed by atoms with Gasteiger partial charge in [-0.05, 0) is 37.1 Å². The van der Waals surface area contributed by atoms with Gasteiger partial charge in [-0.25, -0.2) is 0 Å². The van der Waals surface area contributed by atoms with Crippen molar-refractivity contribution >= 4 is 0 Å². The molecule has 0 bridgehead atoms. The van der Waals surface area contributed by atoms with Gasteiger partial charge in [0, 0.05) is 11.6 Å². The van der Waals surface area contributed by atoms with Gasteiger partial charge >= 0.3 is 0 Å². The maximum Gasteiger partial charge on any atom is 0.124 e. The number of benzene rings is 1. The van der Waals surface area contributed by atoms with Crippen LogP contribution in [0.15, 0.2) is 29.0 Å². The van der Waals surface area contributed by atoms with E-state index in [1.807, 2.05) is 32.0 Å². The zero-order chi connectivity index (χ0) is 10.8. The van der Waals surface area contributed by atoms with Crippen molar-refractivity contribution in [3.8, 4) is 17.0 Å². The normalized spacial score (nSPS) is 10.3. The number of ether oxygens (including phenoxy) is 1. The molecule has 1 aromatic heterocycles. The van der Waals surface area contributed by atoms with Crippen molar-refractivity contribution in [1.82, 2.24) is 5.16 Å². The van der Waals surface area contributed by atoms with Gasteiger partial charge in [-0.2, -0.15) is 0 Å². The first-order valence-electron chi connectivity index (χ1n) is 4.78. The van der Waals surface area contributed by atoms with Gasteiger partial charge in [-0.1, -0.05) is 5.16 Å². The summed E-state index contributed by atoms with van der Waals surface area (Å²) in [7, 11) is 1.69. The van der Waals surface area contributed by atoms with Gasteiger partial charge in [0.05, 0.1) is 7.11 Å². The minimum absolute atomic E-state index is 0.851. The molecule has 3 nitrogen and oxygen atoms in total. The molecule has 0 unspecified atom stereocenters. The number of aryl methyl sites for hydroxylation is 2. The molecule has 0 aliphatic heterocycles. The second kappa shape index (κ2) is 3.77. The van der Waals surface area contributed by atoms with Crippen LogP contribution < -0.4 is 4.74 Å². The van der Waals surface area contributed by atoms with Crippen LogP contribution in [0.2, 0.25) is 0 Å². The third-order valence-electron chi connectivity index (χ3n) is 2.40. The lowest BCUT2D eigenvalue weighted by atomic mass is 10.0. The Morgan fingerprint density at radius 2 is 1.87 bits per heavy atom. The van der Waals surface area contributed by atoms with E-state index in [0.717, 1.165) is 28.1 Å². The Bertz CT molecular complexity index is 437. The fourth-order valence-electron chi connectivity index (χ4n) is 1.78. The van der Waals surface area contributed by atoms with E-state index in [1.54, 1.807) is 13.4 Å². The van der Waals surface area contributed by atoms with Crippen LogP contribution in [-0.2, 0) is 0 Å². The van der Waals surface area contributed by atoms with E-state index in [0.29, 0.717) is 0 Å². The fraction of sp³-hybridized carbons (Fsp3) is 0.250. The molecule has 3 heteroatoms. The second-order valence-electron chi connectivity index (χ2n) is 3.53. The van der Waals surface area contributed by atoms with E-state index < -0.39 is 0 Å². The van der Waals surface area contributed by atoms with Gasteiger partial charge < -0.3 is 9.26 Å². The summed E-state index contributed by atoms with van der Waals surface area (Å²) in [5.41, 5.74) is 4.12. The van der Waals surface area contributed by atoms with Crippen molar-refractivity contribution < 1.29 is 9.26 Å². The number of hydrogen-bond donors (Lipinski definition) is 0. The van der Waals surface area contributed by atoms with Crippen LogP contribution in [0.3, 0.4) is 0 Å². The molecule has 15 heavy (non-hydrogen) atoms. The predicted octanol–water partition coefficient (Wildman–Crippen LogP) is 2.97. The molecule has 0 aliphatic carbocycles. The molecule has 0 N–H and O–H groups in total. The largest absolute Gasteiger partial charge is 0.496 e. The van der Waals surface area contributed by atoms with Crippen molar-refractivity contribution in [1.29, 1.82) is 0 Å². The number of nitrogens with zero attached hydrogens (tertiary/aromatic N) is 1. The standard InChI is InChI=1S/C12H13NO2/c1-8-6-10(11-4-5-15-13-11)7-9(2)12(8)14-3/h4-7H,1-3H3. The molecule has 1 heterocycles. The molecule has 0 amide bonds. The molecular formula is C12H13NO2. The first kappa shape index (κ1) is 9.77. The highest BCUT2D eigenvalue weighted by Crippen LogP contribution is 2.28. The van der Waals surface area contributed by atoms with Gasteiger partial charge in [0.25, 0.3) is 0 Å². The summed E-state index contributed by atoms with van der Waals surface area (Å²) in [6.45, 7) is 4.05. The first-order valence-corrected chi connectivity index (χ1v) is 4.78. The maximum atomic E-state index is 5.30. The number of hydrogen-bond acceptors (Lipinski definition) is 3. The minimum Gasteiger partial charge on any atom is -0.496 e. The van der Waals surface area contributed by atoms with Gasteiger partial charge in [0.15, 0.2) is 0 Å². The van der Waals surface area contributed by atoms with Crippen LogP contribution in [0, 0.1) is 13.8 Å². The van der Waals surface area contributed by atoms with E-state index in [4.69, 9.17) is 9.26 Å². The van der Waals surface area contributed by atoms with Crippen molar-refractivity contribution in [3.63, 3.8) is 0 Å². The molecule has 0 fully saturated rings. The number of aromatic nitrogens is 1. The molecule has 2 aromatic rings. The SMILES string of the molecule is COc1c(C)cc(-c2ccon2)cc1C. The van der Waals surface area contributed by atoms with E-state index in [2.05, 4.69) is 5.16 Å². The van der Waals surface area contributed by atoms with Crippen molar-refractivity contribution in [2.75, 3.05) is 7.11 Å². The van der Waals surface area contributed by atoms with Crippen molar-refractivity contribution in [2.24, 2.45) is 0 Å². The summed E-state index contributed by atoms with van der Waals surface area (Å²) in [6, 6.07) is 5.94. The summed E-state index contributed by atoms with van der Waals surface area (Å²) in [4.78, 5) is 0. The van der Waals surface area contributed by atoms with Crippen LogP contribution in [0.25, 0.3) is 11.3 Å². The van der Waals surface area contributed by atoms with Crippen LogP contribution in [0.1, 0.15) is 11.1 Å². The summed E-state index contributed by atoms with van der Waals surface area (Å²) in [5, 5.41) is 3.91. The Hall–Kier alpha value is -1.77. The fourth-order valence-corrected chi connectivity index (χ4v) is 1.78. The van der Waals surface area contributed by atoms with Gasteiger partial charge in [-0.15, -0.1) is 0 Å². The van der Waals surface area contributed by atoms with Gasteiger partial charge in [0.1, 0.15) is 17.7 Å². The van der Waals surface area contributed by atoms with Gasteiger partial charge in [-0.3, -0.25) is 0 Å². The molecule has 0 aliphatic rings. The molecular weight excluding hydrogens is 190 g/mol. The minimum atomic E-state index is 0.851. The highest BCUT2D eigenvalue weighted by Gasteiger charge is 2.08. The summed E-state index contributed by atoms with van der Waals surface area (Å²) in [5.74, 6) is 0.933. The third kappa shape index (κ3) is 1.73. The molecule has 78 valence electrons. The third-order valence-corrected chi connectivity index (χ3v) is 2.40. The van der Waals surface area contributed by atoms with Gasteiger partial charge in [0.2, 0.25) is 0 Å². The van der Waals surface area contributed by atoms with Crippen LogP contribution in [0.4, 0.5) is 0 Å². The van der Waals surface area contributed by atoms with E-state index in [9.17, 15) is 0 Å². The highest BCUT2D eigenvalue weighted by atomic mass is 16.5. The van der Waals surface area contributed by atoms with Crippen LogP contribution in [0.5, 0.6) is 5.75 Å². The Kier molecular flexibility index (Phi) is 2.46. The molecule has 0 radical (unpaired) electrons. The van der Waals surface area contributed by atoms with Crippen molar-refractivity contribution in [3.05, 3.63) is 35.6 Å². The summed E-state index contributed by atoms with van der Waals surface area (Å²) >= 11 is 0. The van der Waals surface area contributed by atoms with E-state index in [-0.39, 0.29) is 0 Å². The predicted molar refractivity (Wildman–Crippen MR) is 58.0 cm³/mol. The Balaban J connectivity index is 2.53. The molecule has 1 aromatic carbocycles. The number of methoxy groups -OCH3 is 1. The summed E-state index contributed by atoms with van der Waals surface area (Å²) < 4.78 is 10.1. The second-order valence-corrected chi connectivity index (χ2v) is 3.53. The van der Waals surface area contributed by atoms with Crippen LogP contribution in [-0.4, -0.2) is 12.3 Å². The smallest absolute Gasteiger partial charge is 0.124 e. The maximum absolute atomic E-state index is 5.30. The lowest BCUT2D eigenvalue weighted by Gasteiger charge is -2.09. The number of rotatable bonds is 2. The molecule has 2 rings (SSSR count). The Morgan fingerprint density at radius 3 is 2.33 bits per heavy atom. The van der Waals surface area contributed by atoms with Crippen molar-refractivity contribution in [2.45, 2.75) is 13.8 Å². The molecule has 0 saturated carbocycles. The lowest BCUT2D eigenvalue weighted by Crippen LogP contribution is -1.92. The quantitative estimate of drug-likeness (QED) is 0.752. The zero-order valence-corrected chi connectivity index (χ0v) is 9.07. The molecule has 0 saturated heterocycles. The summed E-state index contributed by atoms with van der Waals surface area (Å²) in [6.07, 6.45) is 1.57. The molecule has 0 atom stereocenters. The Morgan fingerprint density at radius 1 is 1.20 bits per heavy atom. The van der Waals surface area contributed by atoms with E-state index in [1.165, 1.54) is 0 Å². The zero-order valence-electron chi connectivity index (χ0n) is 9.07.